The van der Waals surface area contributed by atoms with Crippen molar-refractivity contribution in [3.8, 4) is 29.0 Å². The van der Waals surface area contributed by atoms with Gasteiger partial charge in [-0.1, -0.05) is 29.8 Å². The number of nitrogens with two attached hydrogens (primary N) is 1. The van der Waals surface area contributed by atoms with Crippen LogP contribution in [0, 0.1) is 28.5 Å². The Morgan fingerprint density at radius 3 is 2.54 bits per heavy atom. The lowest BCUT2D eigenvalue weighted by molar-refractivity contribution is 0.306. The van der Waals surface area contributed by atoms with E-state index >= 15 is 0 Å². The molecule has 0 saturated carbocycles. The van der Waals surface area contributed by atoms with Crippen LogP contribution >= 0.6 is 11.6 Å². The van der Waals surface area contributed by atoms with Gasteiger partial charge in [0.05, 0.1) is 0 Å². The second-order valence-corrected chi connectivity index (χ2v) is 6.14. The number of halogens is 2. The highest BCUT2D eigenvalue weighted by Gasteiger charge is 2.21. The molecule has 6 nitrogen and oxygen atoms in total. The predicted molar refractivity (Wildman–Crippen MR) is 102 cm³/mol. The van der Waals surface area contributed by atoms with Crippen molar-refractivity contribution in [3.05, 3.63) is 80.3 Å². The quantitative estimate of drug-likeness (QED) is 0.699. The fraction of sp³-hybridized carbons (Fsp3) is 0.0500. The lowest BCUT2D eigenvalue weighted by atomic mass is 9.96. The first-order chi connectivity index (χ1) is 13.5. The lowest BCUT2D eigenvalue weighted by Gasteiger charge is -2.15. The molecule has 0 radical (unpaired) electrons. The summed E-state index contributed by atoms with van der Waals surface area (Å²) in [6.45, 7) is 0.0125. The van der Waals surface area contributed by atoms with Crippen molar-refractivity contribution in [2.45, 2.75) is 6.61 Å². The van der Waals surface area contributed by atoms with Crippen molar-refractivity contribution in [3.63, 3.8) is 0 Å². The average molecular weight is 395 g/mol. The van der Waals surface area contributed by atoms with E-state index in [2.05, 4.69) is 4.98 Å². The lowest BCUT2D eigenvalue weighted by Crippen LogP contribution is -2.16. The standard InChI is InChI=1S/C20H12ClFN4O2/c21-16-4-2-1-3-11(16)10-28-17-7-12(22)5-6-13(17)18-14(8-23)19(25)26-20(27)15(18)9-24/h1-7H,10H2,(H3,25,26,27). The zero-order valence-corrected chi connectivity index (χ0v) is 15.0. The van der Waals surface area contributed by atoms with Crippen LogP contribution in [0.3, 0.4) is 0 Å². The number of nitrogens with zero attached hydrogens (tertiary/aromatic N) is 2. The molecule has 0 bridgehead atoms. The largest absolute Gasteiger partial charge is 0.488 e. The first-order valence-corrected chi connectivity index (χ1v) is 8.36. The molecule has 0 saturated heterocycles. The molecule has 0 atom stereocenters. The minimum absolute atomic E-state index is 0.0125. The highest BCUT2D eigenvalue weighted by molar-refractivity contribution is 6.31. The van der Waals surface area contributed by atoms with E-state index in [0.29, 0.717) is 10.6 Å². The molecule has 0 spiro atoms. The third-order valence-corrected chi connectivity index (χ3v) is 4.39. The van der Waals surface area contributed by atoms with Crippen LogP contribution in [0.1, 0.15) is 16.7 Å². The van der Waals surface area contributed by atoms with Crippen LogP contribution in [0.4, 0.5) is 10.2 Å². The number of rotatable bonds is 4. The first-order valence-electron chi connectivity index (χ1n) is 7.98. The van der Waals surface area contributed by atoms with Crippen LogP contribution < -0.4 is 16.0 Å². The van der Waals surface area contributed by atoms with Gasteiger partial charge in [-0.05, 0) is 18.2 Å². The Morgan fingerprint density at radius 1 is 1.14 bits per heavy atom. The third kappa shape index (κ3) is 3.52. The zero-order valence-electron chi connectivity index (χ0n) is 14.3. The highest BCUT2D eigenvalue weighted by atomic mass is 35.5. The van der Waals surface area contributed by atoms with Crippen LogP contribution in [0.5, 0.6) is 5.75 Å². The van der Waals surface area contributed by atoms with Gasteiger partial charge in [0.15, 0.2) is 0 Å². The summed E-state index contributed by atoms with van der Waals surface area (Å²) in [4.78, 5) is 14.4. The fourth-order valence-corrected chi connectivity index (χ4v) is 2.90. The van der Waals surface area contributed by atoms with Crippen LogP contribution in [0.25, 0.3) is 11.1 Å². The molecule has 0 aliphatic carbocycles. The Hall–Kier alpha value is -3.81. The number of anilines is 1. The van der Waals surface area contributed by atoms with Crippen molar-refractivity contribution in [1.29, 1.82) is 10.5 Å². The number of nitriles is 2. The van der Waals surface area contributed by atoms with Crippen LogP contribution in [-0.2, 0) is 6.61 Å². The molecule has 3 rings (SSSR count). The van der Waals surface area contributed by atoms with E-state index in [9.17, 15) is 19.7 Å². The van der Waals surface area contributed by atoms with Gasteiger partial charge in [0, 0.05) is 27.8 Å². The van der Waals surface area contributed by atoms with Gasteiger partial charge < -0.3 is 15.5 Å². The van der Waals surface area contributed by atoms with Crippen LogP contribution in [0.15, 0.2) is 47.3 Å². The summed E-state index contributed by atoms with van der Waals surface area (Å²) in [5.74, 6) is -0.742. The van der Waals surface area contributed by atoms with E-state index in [-0.39, 0.29) is 40.4 Å². The SMILES string of the molecule is N#Cc1c(N)[nH]c(=O)c(C#N)c1-c1ccc(F)cc1OCc1ccccc1Cl. The van der Waals surface area contributed by atoms with Gasteiger partial charge in [0.1, 0.15) is 47.3 Å². The minimum Gasteiger partial charge on any atom is -0.488 e. The van der Waals surface area contributed by atoms with Crippen LogP contribution in [-0.4, -0.2) is 4.98 Å². The van der Waals surface area contributed by atoms with Crippen molar-refractivity contribution < 1.29 is 9.13 Å². The molecule has 3 N–H and O–H groups in total. The van der Waals surface area contributed by atoms with Gasteiger partial charge in [-0.2, -0.15) is 10.5 Å². The summed E-state index contributed by atoms with van der Waals surface area (Å²) in [6.07, 6.45) is 0. The van der Waals surface area contributed by atoms with Crippen molar-refractivity contribution in [2.24, 2.45) is 0 Å². The predicted octanol–water partition coefficient (Wildman–Crippen LogP) is 3.74. The molecule has 1 heterocycles. The number of ether oxygens (including phenoxy) is 1. The number of nitrogen functional groups attached to an aromatic ring is 1. The van der Waals surface area contributed by atoms with Gasteiger partial charge in [-0.25, -0.2) is 4.39 Å². The van der Waals surface area contributed by atoms with Gasteiger partial charge in [0.25, 0.3) is 5.56 Å². The molecule has 0 aliphatic rings. The summed E-state index contributed by atoms with van der Waals surface area (Å²) in [6, 6.07) is 14.2. The molecular formula is C20H12ClFN4O2. The topological polar surface area (TPSA) is 116 Å². The molecule has 1 aromatic heterocycles. The van der Waals surface area contributed by atoms with Gasteiger partial charge in [0.2, 0.25) is 0 Å². The molecule has 2 aromatic carbocycles. The average Bonchev–Trinajstić information content (AvgIpc) is 2.67. The minimum atomic E-state index is -0.754. The molecule has 138 valence electrons. The van der Waals surface area contributed by atoms with Gasteiger partial charge in [-0.3, -0.25) is 4.79 Å². The summed E-state index contributed by atoms with van der Waals surface area (Å²) < 4.78 is 19.6. The fourth-order valence-electron chi connectivity index (χ4n) is 2.71. The molecule has 0 unspecified atom stereocenters. The third-order valence-electron chi connectivity index (χ3n) is 4.02. The van der Waals surface area contributed by atoms with E-state index in [0.717, 1.165) is 12.1 Å². The highest BCUT2D eigenvalue weighted by Crippen LogP contribution is 2.36. The number of pyridine rings is 1. The number of hydrogen-bond donors (Lipinski definition) is 2. The van der Waals surface area contributed by atoms with E-state index in [1.54, 1.807) is 30.3 Å². The van der Waals surface area contributed by atoms with E-state index in [1.807, 2.05) is 6.07 Å². The van der Waals surface area contributed by atoms with E-state index in [1.165, 1.54) is 6.07 Å². The molecule has 8 heteroatoms. The maximum Gasteiger partial charge on any atom is 0.268 e. The maximum absolute atomic E-state index is 13.9. The van der Waals surface area contributed by atoms with Crippen molar-refractivity contribution in [2.75, 3.05) is 5.73 Å². The smallest absolute Gasteiger partial charge is 0.268 e. The van der Waals surface area contributed by atoms with Crippen LogP contribution in [0.2, 0.25) is 5.02 Å². The first kappa shape index (κ1) is 19.0. The molecule has 0 aliphatic heterocycles. The zero-order chi connectivity index (χ0) is 20.3. The van der Waals surface area contributed by atoms with E-state index in [4.69, 9.17) is 22.1 Å². The number of hydrogen-bond acceptors (Lipinski definition) is 5. The Bertz CT molecular complexity index is 1210. The monoisotopic (exact) mass is 394 g/mol. The van der Waals surface area contributed by atoms with E-state index < -0.39 is 11.4 Å². The Labute approximate surface area is 164 Å². The van der Waals surface area contributed by atoms with Crippen molar-refractivity contribution >= 4 is 17.4 Å². The Balaban J connectivity index is 2.18. The number of H-pyrrole nitrogens is 1. The number of aromatic nitrogens is 1. The number of nitrogens with one attached hydrogen (secondary N) is 1. The second kappa shape index (κ2) is 7.83. The molecular weight excluding hydrogens is 383 g/mol. The van der Waals surface area contributed by atoms with Gasteiger partial charge in [-0.15, -0.1) is 0 Å². The summed E-state index contributed by atoms with van der Waals surface area (Å²) >= 11 is 6.11. The normalized spacial score (nSPS) is 10.1. The molecule has 0 fully saturated rings. The Kier molecular flexibility index (Phi) is 5.30. The summed E-state index contributed by atoms with van der Waals surface area (Å²) in [5.41, 5.74) is 5.40. The Morgan fingerprint density at radius 2 is 1.86 bits per heavy atom. The molecule has 28 heavy (non-hydrogen) atoms. The molecule has 0 amide bonds. The summed E-state index contributed by atoms with van der Waals surface area (Å²) in [5, 5.41) is 19.3. The number of aromatic amines is 1. The van der Waals surface area contributed by atoms with Crippen molar-refractivity contribution in [1.82, 2.24) is 4.98 Å². The maximum atomic E-state index is 13.9. The summed E-state index contributed by atoms with van der Waals surface area (Å²) in [7, 11) is 0. The molecule has 3 aromatic rings. The second-order valence-electron chi connectivity index (χ2n) is 5.74. The number of benzene rings is 2. The van der Waals surface area contributed by atoms with Gasteiger partial charge >= 0.3 is 0 Å².